The molecule has 17 nitrogen and oxygen atoms in total. The summed E-state index contributed by atoms with van der Waals surface area (Å²) in [5.41, 5.74) is 9.00. The number of rotatable bonds is 17. The maximum atomic E-state index is 14.8. The van der Waals surface area contributed by atoms with Crippen molar-refractivity contribution in [1.29, 1.82) is 0 Å². The van der Waals surface area contributed by atoms with E-state index < -0.39 is 81.4 Å². The molecule has 11 rings (SSSR count). The van der Waals surface area contributed by atoms with E-state index >= 15 is 0 Å². The van der Waals surface area contributed by atoms with Crippen LogP contribution in [0.25, 0.3) is 10.2 Å². The Balaban J connectivity index is 0.00000786. The van der Waals surface area contributed by atoms with E-state index in [2.05, 4.69) is 15.6 Å². The molecule has 5 heterocycles. The topological polar surface area (TPSA) is 231 Å². The minimum Gasteiger partial charge on any atom is -1.00 e. The van der Waals surface area contributed by atoms with Crippen LogP contribution in [-0.2, 0) is 56.3 Å². The van der Waals surface area contributed by atoms with Gasteiger partial charge in [0.25, 0.3) is 5.91 Å². The molecular weight excluding hydrogens is 1240 g/mol. The fourth-order valence-corrected chi connectivity index (χ4v) is 13.4. The van der Waals surface area contributed by atoms with E-state index in [0.29, 0.717) is 38.1 Å². The number of thiazole rings is 1. The van der Waals surface area contributed by atoms with Crippen LogP contribution in [-0.4, -0.2) is 72.5 Å². The summed E-state index contributed by atoms with van der Waals surface area (Å²) >= 11 is 2.79. The van der Waals surface area contributed by atoms with Crippen LogP contribution in [0.3, 0.4) is 0 Å². The molecule has 4 atom stereocenters. The molecular formula is C63H57IN8O9S3. The maximum absolute atomic E-state index is 14.8. The number of carbonyl (C=O) groups excluding carboxylic acids is 4. The molecule has 2 amide bonds. The Morgan fingerprint density at radius 2 is 1.40 bits per heavy atom. The molecule has 3 aliphatic rings. The van der Waals surface area contributed by atoms with Crippen LogP contribution in [0.4, 0.5) is 5.13 Å². The van der Waals surface area contributed by atoms with Gasteiger partial charge < -0.3 is 60.0 Å². The Hall–Kier alpha value is -8.22. The number of benzene rings is 6. The Labute approximate surface area is 512 Å². The number of nitrogens with one attached hydrogen (secondary N) is 2. The highest BCUT2D eigenvalue weighted by molar-refractivity contribution is 8.05. The number of ether oxygens (including phenoxy) is 2. The summed E-state index contributed by atoms with van der Waals surface area (Å²) < 4.78 is 19.7. The molecule has 3 aliphatic heterocycles. The smallest absolute Gasteiger partial charge is 0.356 e. The van der Waals surface area contributed by atoms with Gasteiger partial charge in [-0.2, -0.15) is 4.57 Å². The number of aliphatic imine (C=N–C) groups is 1. The molecule has 8 aromatic rings. The number of aromatic nitrogens is 2. The van der Waals surface area contributed by atoms with Crippen LogP contribution in [0.5, 0.6) is 11.5 Å². The number of phenols is 2. The van der Waals surface area contributed by atoms with Crippen molar-refractivity contribution < 1.29 is 72.2 Å². The number of carbonyl (C=O) groups is 4. The average molecular weight is 1290 g/mol. The zero-order chi connectivity index (χ0) is 57.8. The first kappa shape index (κ1) is 59.0. The van der Waals surface area contributed by atoms with Gasteiger partial charge in [0.1, 0.15) is 28.4 Å². The summed E-state index contributed by atoms with van der Waals surface area (Å²) in [6.07, 6.45) is 0.955. The third kappa shape index (κ3) is 12.6. The Morgan fingerprint density at radius 3 is 1.98 bits per heavy atom. The minimum atomic E-state index is -1.60. The van der Waals surface area contributed by atoms with Gasteiger partial charge in [0, 0.05) is 33.6 Å². The average Bonchev–Trinajstić information content (AvgIpc) is 1.96. The van der Waals surface area contributed by atoms with E-state index in [0.717, 1.165) is 21.4 Å². The molecule has 428 valence electrons. The van der Waals surface area contributed by atoms with Crippen molar-refractivity contribution in [2.75, 3.05) is 11.5 Å². The van der Waals surface area contributed by atoms with Crippen LogP contribution < -0.4 is 44.9 Å². The summed E-state index contributed by atoms with van der Waals surface area (Å²) in [7, 11) is -1.51. The van der Waals surface area contributed by atoms with Crippen molar-refractivity contribution in [2.45, 2.75) is 69.2 Å². The second kappa shape index (κ2) is 25.3. The number of phenolic OH excluding ortho intramolecular Hbond substituents is 2. The number of hydrogen-bond donors (Lipinski definition) is 5. The lowest BCUT2D eigenvalue weighted by molar-refractivity contribution is -0.686. The number of pyridine rings is 1. The molecule has 0 radical (unpaired) electrons. The molecule has 1 fully saturated rings. The van der Waals surface area contributed by atoms with Gasteiger partial charge in [-0.15, -0.1) is 11.8 Å². The molecule has 6 aromatic carbocycles. The van der Waals surface area contributed by atoms with E-state index in [4.69, 9.17) is 29.6 Å². The van der Waals surface area contributed by atoms with Crippen molar-refractivity contribution in [3.63, 3.8) is 0 Å². The first-order valence-electron chi connectivity index (χ1n) is 26.5. The number of allylic oxidation sites excluding steroid dienone is 1. The number of nitrogen functional groups attached to an aromatic ring is 1. The van der Waals surface area contributed by atoms with Crippen molar-refractivity contribution in [1.82, 2.24) is 20.5 Å². The largest absolute Gasteiger partial charge is 1.00 e. The van der Waals surface area contributed by atoms with E-state index in [9.17, 15) is 29.4 Å². The highest BCUT2D eigenvalue weighted by atomic mass is 127. The van der Waals surface area contributed by atoms with E-state index in [-0.39, 0.29) is 53.4 Å². The molecule has 2 unspecified atom stereocenters. The second-order valence-electron chi connectivity index (χ2n) is 20.8. The number of esters is 2. The molecule has 0 bridgehead atoms. The monoisotopic (exact) mass is 1290 g/mol. The van der Waals surface area contributed by atoms with Crippen molar-refractivity contribution in [2.24, 2.45) is 9.52 Å². The van der Waals surface area contributed by atoms with Gasteiger partial charge in [0.05, 0.1) is 22.1 Å². The fourth-order valence-electron chi connectivity index (χ4n) is 10.1. The van der Waals surface area contributed by atoms with E-state index in [1.807, 2.05) is 175 Å². The first-order chi connectivity index (χ1) is 40.1. The lowest BCUT2D eigenvalue weighted by Crippen LogP contribution is -3.00. The molecule has 2 aromatic heterocycles. The number of β-lactam (4-membered cyclic amide) rings is 1. The van der Waals surface area contributed by atoms with Crippen LogP contribution in [0.15, 0.2) is 220 Å². The molecule has 21 heteroatoms. The number of anilines is 1. The van der Waals surface area contributed by atoms with Crippen LogP contribution >= 0.6 is 23.1 Å². The molecule has 6 N–H and O–H groups in total. The van der Waals surface area contributed by atoms with Gasteiger partial charge in [0.15, 0.2) is 46.8 Å². The summed E-state index contributed by atoms with van der Waals surface area (Å²) in [5.74, 6) is -3.03. The quantitative estimate of drug-likeness (QED) is 0.0124. The number of amidine groups is 1. The van der Waals surface area contributed by atoms with Crippen LogP contribution in [0.1, 0.15) is 72.8 Å². The zero-order valence-corrected chi connectivity index (χ0v) is 50.2. The van der Waals surface area contributed by atoms with Gasteiger partial charge in [-0.25, -0.2) is 24.4 Å². The minimum absolute atomic E-state index is 0. The van der Waals surface area contributed by atoms with Gasteiger partial charge in [-0.3, -0.25) is 14.5 Å². The molecule has 84 heavy (non-hydrogen) atoms. The number of nitrogens with zero attached hydrogens (tertiary/aromatic N) is 5. The number of aromatic hydroxyl groups is 2. The summed E-state index contributed by atoms with van der Waals surface area (Å²) in [5, 5.41) is 29.9. The lowest BCUT2D eigenvalue weighted by Gasteiger charge is -2.50. The van der Waals surface area contributed by atoms with Crippen molar-refractivity contribution in [3.05, 3.63) is 243 Å². The second-order valence-corrected chi connectivity index (χ2v) is 24.3. The highest BCUT2D eigenvalue weighted by Crippen LogP contribution is 2.43. The van der Waals surface area contributed by atoms with Crippen LogP contribution in [0, 0.1) is 0 Å². The predicted octanol–water partition coefficient (Wildman–Crippen LogP) is 6.57. The number of thioether (sulfide) groups is 1. The molecule has 0 spiro atoms. The van der Waals surface area contributed by atoms with Crippen molar-refractivity contribution >= 4 is 78.1 Å². The zero-order valence-electron chi connectivity index (χ0n) is 45.6. The Morgan fingerprint density at radius 1 is 0.821 bits per heavy atom. The van der Waals surface area contributed by atoms with Gasteiger partial charge in [-0.1, -0.05) is 174 Å². The summed E-state index contributed by atoms with van der Waals surface area (Å²) in [6.45, 7) is 5.53. The fraction of sp³-hybridized carbons (Fsp3) is 0.190. The van der Waals surface area contributed by atoms with Crippen molar-refractivity contribution in [3.8, 4) is 11.5 Å². The van der Waals surface area contributed by atoms with E-state index in [1.165, 1.54) is 46.2 Å². The van der Waals surface area contributed by atoms with Gasteiger partial charge >= 0.3 is 11.9 Å². The number of amides is 2. The Bertz CT molecular complexity index is 3750. The number of fused-ring (bicyclic) bond motifs is 2. The normalized spacial score (nSPS) is 17.6. The third-order valence-electron chi connectivity index (χ3n) is 13.9. The third-order valence-corrected chi connectivity index (χ3v) is 17.3. The summed E-state index contributed by atoms with van der Waals surface area (Å²) in [4.78, 5) is 76.1. The van der Waals surface area contributed by atoms with Gasteiger partial charge in [0.2, 0.25) is 12.0 Å². The molecule has 0 aliphatic carbocycles. The molecule has 0 saturated carbocycles. The maximum Gasteiger partial charge on any atom is 0.356 e. The Kier molecular flexibility index (Phi) is 17.8. The number of nitrogens with two attached hydrogens (primary N) is 1. The van der Waals surface area contributed by atoms with E-state index in [1.54, 1.807) is 26.2 Å². The SMILES string of the molecule is CC(C)(C)OC(=O)C1=C(C[n+]2ccc3sc(N)nc3c2)SC[C@H]2[C@@H](NC(=O)CC3=C/S(=N/OC(C(=O)OC(c4ccccc4)c4ccccc4)c4ccc(O)c(O)c4)C(=NC(c4ccccc4)(c4ccccc4)c4ccccc4)N3)C(=O)N12.[I-]. The van der Waals surface area contributed by atoms with Crippen LogP contribution in [0.2, 0.25) is 0 Å². The summed E-state index contributed by atoms with van der Waals surface area (Å²) in [6, 6.07) is 51.9. The number of hydrogen-bond acceptors (Lipinski definition) is 15. The lowest BCUT2D eigenvalue weighted by atomic mass is 9.77. The standard InChI is InChI=1S/C63H56N8O9S3.HI/c1-62(2,3)79-58(76)54-51(36-70-32-31-50-46(35-70)66-60(64)82-50)81-37-47-53(57(75)71(47)54)67-52(74)34-45-38-83(61(65-45)68-63(42-23-13-6-14-24-42,43-25-15-7-16-26-43)44-27-17-8-18-28-44)69-80-56(41-29-30-48(72)49(73)33-41)59(77)78-55(39-19-9-4-10-20-39)40-21-11-5-12-22-40;/h4-33,35,38,47,53,55-56H,34,36-37H2,1-3H3,(H5-,64,65,66,67,68,72,73,74);1H/t47-,53+,56?,83?;/m0./s1. The predicted molar refractivity (Wildman–Crippen MR) is 319 cm³/mol. The van der Waals surface area contributed by atoms with Gasteiger partial charge in [-0.05, 0) is 66.3 Å². The highest BCUT2D eigenvalue weighted by Gasteiger charge is 2.55. The number of halogens is 1. The molecule has 1 saturated heterocycles. The first-order valence-corrected chi connectivity index (χ1v) is 29.6.